The second-order valence-electron chi connectivity index (χ2n) is 7.58. The van der Waals surface area contributed by atoms with Gasteiger partial charge in [0, 0.05) is 29.6 Å². The van der Waals surface area contributed by atoms with E-state index in [1.54, 1.807) is 28.0 Å². The maximum atomic E-state index is 12.3. The number of thioether (sulfide) groups is 1. The van der Waals surface area contributed by atoms with Crippen LogP contribution in [0.4, 0.5) is 13.2 Å². The number of carboxylic acid groups (broad SMARTS) is 1. The standard InChI is InChI=1S/C21H22N4O3S3.C2HF3O2/c1-29-21-15(10-17(31-21)19(22)23)20-24-16(12-30-20)13-3-2-4-14(9-13)28-11-18(26)25-5-7-27-8-6-25;3-2(4,5)1(6)7/h2-4,9-10,12H,5-8,11H2,1H3,(H3,22,23);(H,6,7). The molecule has 0 radical (unpaired) electrons. The van der Waals surface area contributed by atoms with Crippen LogP contribution in [0.5, 0.6) is 5.75 Å². The van der Waals surface area contributed by atoms with Crippen molar-refractivity contribution < 1.29 is 37.3 Å². The van der Waals surface area contributed by atoms with E-state index in [4.69, 9.17) is 35.5 Å². The van der Waals surface area contributed by atoms with Crippen molar-refractivity contribution in [2.45, 2.75) is 10.4 Å². The quantitative estimate of drug-likeness (QED) is 0.210. The van der Waals surface area contributed by atoms with Crippen molar-refractivity contribution >= 4 is 52.1 Å². The molecule has 1 aliphatic heterocycles. The van der Waals surface area contributed by atoms with Gasteiger partial charge in [0.1, 0.15) is 16.6 Å². The van der Waals surface area contributed by atoms with Crippen LogP contribution in [0.2, 0.25) is 0 Å². The Morgan fingerprint density at radius 1 is 1.29 bits per heavy atom. The van der Waals surface area contributed by atoms with Gasteiger partial charge in [0.05, 0.1) is 28.0 Å². The molecule has 4 rings (SSSR count). The molecule has 3 aromatic rings. The predicted octanol–water partition coefficient (Wildman–Crippen LogP) is 4.42. The van der Waals surface area contributed by atoms with E-state index >= 15 is 0 Å². The fraction of sp³-hybridized carbons (Fsp3) is 0.304. The summed E-state index contributed by atoms with van der Waals surface area (Å²) in [5.74, 6) is -2.09. The first kappa shape index (κ1) is 29.4. The number of nitrogen functional groups attached to an aromatic ring is 1. The molecule has 1 fully saturated rings. The zero-order chi connectivity index (χ0) is 27.9. The maximum absolute atomic E-state index is 12.3. The van der Waals surface area contributed by atoms with E-state index < -0.39 is 12.1 Å². The van der Waals surface area contributed by atoms with Gasteiger partial charge in [-0.15, -0.1) is 34.4 Å². The Bertz CT molecular complexity index is 1290. The number of aromatic nitrogens is 1. The second-order valence-corrected chi connectivity index (χ2v) is 10.6. The highest BCUT2D eigenvalue weighted by Gasteiger charge is 2.38. The van der Waals surface area contributed by atoms with E-state index in [1.807, 2.05) is 42.0 Å². The molecule has 0 unspecified atom stereocenters. The third-order valence-electron chi connectivity index (χ3n) is 4.98. The maximum Gasteiger partial charge on any atom is 0.490 e. The Morgan fingerprint density at radius 2 is 1.97 bits per heavy atom. The summed E-state index contributed by atoms with van der Waals surface area (Å²) in [5, 5.41) is 17.7. The number of carbonyl (C=O) groups excluding carboxylic acids is 1. The average molecular weight is 589 g/mol. The topological polar surface area (TPSA) is 139 Å². The number of amidine groups is 1. The molecule has 9 nitrogen and oxygen atoms in total. The van der Waals surface area contributed by atoms with Gasteiger partial charge < -0.3 is 25.2 Å². The van der Waals surface area contributed by atoms with Crippen molar-refractivity contribution in [1.82, 2.24) is 9.88 Å². The summed E-state index contributed by atoms with van der Waals surface area (Å²) in [4.78, 5) is 28.5. The number of hydrogen-bond acceptors (Lipinski definition) is 9. The van der Waals surface area contributed by atoms with Crippen LogP contribution < -0.4 is 10.5 Å². The van der Waals surface area contributed by atoms with E-state index in [0.29, 0.717) is 32.1 Å². The first-order chi connectivity index (χ1) is 18.0. The summed E-state index contributed by atoms with van der Waals surface area (Å²) < 4.78 is 43.8. The molecule has 1 aliphatic rings. The highest BCUT2D eigenvalue weighted by atomic mass is 32.2. The normalized spacial score (nSPS) is 13.4. The number of nitrogens with one attached hydrogen (secondary N) is 1. The number of hydrogen-bond donors (Lipinski definition) is 3. The van der Waals surface area contributed by atoms with Gasteiger partial charge in [-0.3, -0.25) is 10.2 Å². The van der Waals surface area contributed by atoms with Crippen molar-refractivity contribution in [3.63, 3.8) is 0 Å². The van der Waals surface area contributed by atoms with Crippen molar-refractivity contribution in [2.24, 2.45) is 5.73 Å². The minimum absolute atomic E-state index is 0.00553. The number of carboxylic acids is 1. The first-order valence-electron chi connectivity index (χ1n) is 10.9. The molecule has 1 aromatic carbocycles. The van der Waals surface area contributed by atoms with Crippen LogP contribution in [0.15, 0.2) is 39.9 Å². The number of nitrogens with zero attached hydrogens (tertiary/aromatic N) is 2. The minimum atomic E-state index is -5.08. The summed E-state index contributed by atoms with van der Waals surface area (Å²) in [6.45, 7) is 2.37. The van der Waals surface area contributed by atoms with E-state index in [-0.39, 0.29) is 18.3 Å². The molecule has 15 heteroatoms. The Kier molecular flexibility index (Phi) is 10.1. The van der Waals surface area contributed by atoms with Crippen LogP contribution in [-0.2, 0) is 14.3 Å². The van der Waals surface area contributed by atoms with E-state index in [9.17, 15) is 18.0 Å². The molecule has 0 atom stereocenters. The lowest BCUT2D eigenvalue weighted by Crippen LogP contribution is -2.42. The average Bonchev–Trinajstić information content (AvgIpc) is 3.55. The summed E-state index contributed by atoms with van der Waals surface area (Å²) >= 11 is 4.69. The molecule has 204 valence electrons. The molecule has 38 heavy (non-hydrogen) atoms. The largest absolute Gasteiger partial charge is 0.490 e. The molecule has 4 N–H and O–H groups in total. The number of amides is 1. The van der Waals surface area contributed by atoms with E-state index in [1.165, 1.54) is 11.3 Å². The highest BCUT2D eigenvalue weighted by Crippen LogP contribution is 2.40. The van der Waals surface area contributed by atoms with Crippen LogP contribution in [-0.4, -0.2) is 78.0 Å². The van der Waals surface area contributed by atoms with Gasteiger partial charge in [0.15, 0.2) is 6.61 Å². The fourth-order valence-corrected chi connectivity index (χ4v) is 5.84. The number of thiophene rings is 1. The fourth-order valence-electron chi connectivity index (χ4n) is 3.13. The zero-order valence-electron chi connectivity index (χ0n) is 19.9. The highest BCUT2D eigenvalue weighted by molar-refractivity contribution is 8.00. The SMILES string of the molecule is CSc1sc(C(=N)N)cc1-c1nc(-c2cccc(OCC(=O)N3CCOCC3)c2)cs1.O=C(O)C(F)(F)F. The van der Waals surface area contributed by atoms with Crippen LogP contribution >= 0.6 is 34.4 Å². The number of halogens is 3. The summed E-state index contributed by atoms with van der Waals surface area (Å²) in [6, 6.07) is 9.54. The number of ether oxygens (including phenoxy) is 2. The third-order valence-corrected chi connectivity index (χ3v) is 8.16. The lowest BCUT2D eigenvalue weighted by Gasteiger charge is -2.26. The van der Waals surface area contributed by atoms with Gasteiger partial charge in [-0.1, -0.05) is 12.1 Å². The molecule has 1 amide bonds. The summed E-state index contributed by atoms with van der Waals surface area (Å²) in [7, 11) is 0. The van der Waals surface area contributed by atoms with Gasteiger partial charge >= 0.3 is 12.1 Å². The van der Waals surface area contributed by atoms with Gasteiger partial charge in [0.25, 0.3) is 5.91 Å². The number of alkyl halides is 3. The summed E-state index contributed by atoms with van der Waals surface area (Å²) in [5.41, 5.74) is 8.42. The van der Waals surface area contributed by atoms with Crippen molar-refractivity contribution in [2.75, 3.05) is 39.2 Å². The van der Waals surface area contributed by atoms with Gasteiger partial charge in [-0.2, -0.15) is 13.2 Å². The Morgan fingerprint density at radius 3 is 2.58 bits per heavy atom. The molecule has 0 saturated carbocycles. The number of thiazole rings is 1. The summed E-state index contributed by atoms with van der Waals surface area (Å²) in [6.07, 6.45) is -3.08. The van der Waals surface area contributed by atoms with Gasteiger partial charge in [0.2, 0.25) is 0 Å². The van der Waals surface area contributed by atoms with Crippen molar-refractivity contribution in [1.29, 1.82) is 5.41 Å². The van der Waals surface area contributed by atoms with Crippen LogP contribution in [0.25, 0.3) is 21.8 Å². The molecular formula is C23H23F3N4O5S3. The molecular weight excluding hydrogens is 565 g/mol. The first-order valence-corrected chi connectivity index (χ1v) is 13.8. The third kappa shape index (κ3) is 7.93. The van der Waals surface area contributed by atoms with Gasteiger partial charge in [-0.05, 0) is 24.5 Å². The van der Waals surface area contributed by atoms with Crippen LogP contribution in [0.3, 0.4) is 0 Å². The molecule has 0 aliphatic carbocycles. The Balaban J connectivity index is 0.000000505. The lowest BCUT2D eigenvalue weighted by molar-refractivity contribution is -0.192. The number of benzene rings is 1. The smallest absolute Gasteiger partial charge is 0.484 e. The lowest BCUT2D eigenvalue weighted by atomic mass is 10.1. The van der Waals surface area contributed by atoms with E-state index in [2.05, 4.69) is 0 Å². The van der Waals surface area contributed by atoms with Crippen molar-refractivity contribution in [3.05, 3.63) is 40.6 Å². The Labute approximate surface area is 227 Å². The molecule has 1 saturated heterocycles. The molecule has 0 spiro atoms. The number of aliphatic carboxylic acids is 1. The molecule has 0 bridgehead atoms. The number of rotatable bonds is 7. The molecule has 3 heterocycles. The van der Waals surface area contributed by atoms with Crippen LogP contribution in [0, 0.1) is 5.41 Å². The van der Waals surface area contributed by atoms with Crippen LogP contribution in [0.1, 0.15) is 4.88 Å². The van der Waals surface area contributed by atoms with Crippen molar-refractivity contribution in [3.8, 4) is 27.6 Å². The number of nitrogens with two attached hydrogens (primary N) is 1. The number of morpholine rings is 1. The van der Waals surface area contributed by atoms with Gasteiger partial charge in [-0.25, -0.2) is 9.78 Å². The second kappa shape index (κ2) is 13.1. The van der Waals surface area contributed by atoms with E-state index in [0.717, 1.165) is 30.9 Å². The monoisotopic (exact) mass is 588 g/mol. The predicted molar refractivity (Wildman–Crippen MR) is 140 cm³/mol. The molecule has 2 aromatic heterocycles. The zero-order valence-corrected chi connectivity index (χ0v) is 22.4. The number of carbonyl (C=O) groups is 2. The Hall–Kier alpha value is -3.14. The minimum Gasteiger partial charge on any atom is -0.484 e.